The molecule has 1 N–H and O–H groups in total. The number of rotatable bonds is 3. The molecule has 1 saturated heterocycles. The van der Waals surface area contributed by atoms with Crippen LogP contribution in [0, 0.1) is 13.8 Å². The summed E-state index contributed by atoms with van der Waals surface area (Å²) in [5.41, 5.74) is 1.00. The molecule has 1 amide bonds. The molecule has 23 heavy (non-hydrogen) atoms. The number of hydrogen-bond acceptors (Lipinski definition) is 4. The molecule has 0 unspecified atom stereocenters. The zero-order valence-electron chi connectivity index (χ0n) is 14.4. The fraction of sp³-hybridized carbons (Fsp3) is 0.722. The molecule has 2 aliphatic rings. The van der Waals surface area contributed by atoms with Crippen molar-refractivity contribution < 1.29 is 14.3 Å². The summed E-state index contributed by atoms with van der Waals surface area (Å²) in [6.45, 7) is 9.04. The van der Waals surface area contributed by atoms with Crippen molar-refractivity contribution in [1.82, 2.24) is 9.80 Å². The summed E-state index contributed by atoms with van der Waals surface area (Å²) in [7, 11) is 0. The largest absolute Gasteiger partial charge is 0.466 e. The third-order valence-corrected chi connectivity index (χ3v) is 5.46. The molecule has 1 aliphatic carbocycles. The Bertz CT molecular complexity index is 561. The Morgan fingerprint density at radius 2 is 1.96 bits per heavy atom. The molecule has 5 heteroatoms. The number of carbonyl (C=O) groups excluding carboxylic acids is 1. The highest BCUT2D eigenvalue weighted by Gasteiger charge is 2.34. The lowest BCUT2D eigenvalue weighted by atomic mass is 9.99. The Labute approximate surface area is 138 Å². The van der Waals surface area contributed by atoms with Crippen LogP contribution in [0.15, 0.2) is 10.5 Å². The van der Waals surface area contributed by atoms with Gasteiger partial charge in [0.2, 0.25) is 5.91 Å². The van der Waals surface area contributed by atoms with Crippen molar-refractivity contribution in [2.45, 2.75) is 58.1 Å². The molecule has 5 nitrogen and oxygen atoms in total. The fourth-order valence-corrected chi connectivity index (χ4v) is 4.11. The van der Waals surface area contributed by atoms with E-state index in [2.05, 4.69) is 4.90 Å². The Hall–Kier alpha value is -1.33. The molecule has 1 aliphatic heterocycles. The summed E-state index contributed by atoms with van der Waals surface area (Å²) in [5, 5.41) is 10.1. The summed E-state index contributed by atoms with van der Waals surface area (Å²) in [4.78, 5) is 17.1. The van der Waals surface area contributed by atoms with E-state index >= 15 is 0 Å². The molecule has 1 aromatic rings. The van der Waals surface area contributed by atoms with Gasteiger partial charge < -0.3 is 14.4 Å². The van der Waals surface area contributed by atoms with Crippen LogP contribution in [0.1, 0.15) is 49.2 Å². The number of aliphatic hydroxyl groups is 1. The molecule has 1 saturated carbocycles. The molecular weight excluding hydrogens is 292 g/mol. The highest BCUT2D eigenvalue weighted by molar-refractivity contribution is 5.83. The van der Waals surface area contributed by atoms with Crippen molar-refractivity contribution in [2.75, 3.05) is 26.2 Å². The normalized spacial score (nSPS) is 27.4. The summed E-state index contributed by atoms with van der Waals surface area (Å²) in [5.74, 6) is 1.73. The number of aryl methyl sites for hydroxylation is 2. The monoisotopic (exact) mass is 320 g/mol. The summed E-state index contributed by atoms with van der Waals surface area (Å²) < 4.78 is 5.56. The third-order valence-electron chi connectivity index (χ3n) is 5.46. The van der Waals surface area contributed by atoms with Crippen LogP contribution >= 0.6 is 0 Å². The lowest BCUT2D eigenvalue weighted by Crippen LogP contribution is -2.54. The molecule has 3 rings (SSSR count). The minimum atomic E-state index is -0.187. The number of aliphatic hydroxyl groups excluding tert-OH is 1. The standard InChI is InChI=1S/C18H28N2O3/c1-12-11-15(14(3)23-12)13(2)18(22)20-9-7-19(8-10-20)16-5-4-6-17(16)21/h11,13,16-17,21H,4-10H2,1-3H3/t13-,16-,17+/m0/s1. The Balaban J connectivity index is 1.58. The van der Waals surface area contributed by atoms with Crippen LogP contribution in [0.4, 0.5) is 0 Å². The van der Waals surface area contributed by atoms with Crippen LogP contribution in [0.3, 0.4) is 0 Å². The van der Waals surface area contributed by atoms with Crippen molar-refractivity contribution in [2.24, 2.45) is 0 Å². The van der Waals surface area contributed by atoms with Gasteiger partial charge in [-0.05, 0) is 46.1 Å². The Morgan fingerprint density at radius 3 is 2.48 bits per heavy atom. The minimum Gasteiger partial charge on any atom is -0.466 e. The Morgan fingerprint density at radius 1 is 1.26 bits per heavy atom. The summed E-state index contributed by atoms with van der Waals surface area (Å²) >= 11 is 0. The third kappa shape index (κ3) is 3.31. The first-order chi connectivity index (χ1) is 11.0. The van der Waals surface area contributed by atoms with Gasteiger partial charge in [0.15, 0.2) is 0 Å². The second kappa shape index (κ2) is 6.65. The van der Waals surface area contributed by atoms with Crippen molar-refractivity contribution in [3.05, 3.63) is 23.2 Å². The van der Waals surface area contributed by atoms with Crippen LogP contribution in [-0.2, 0) is 4.79 Å². The van der Waals surface area contributed by atoms with Gasteiger partial charge >= 0.3 is 0 Å². The number of furan rings is 1. The molecule has 2 fully saturated rings. The van der Waals surface area contributed by atoms with Crippen LogP contribution < -0.4 is 0 Å². The fourth-order valence-electron chi connectivity index (χ4n) is 4.11. The molecule has 0 radical (unpaired) electrons. The average Bonchev–Trinajstić information content (AvgIpc) is 3.11. The van der Waals surface area contributed by atoms with Crippen LogP contribution in [0.25, 0.3) is 0 Å². The second-order valence-corrected chi connectivity index (χ2v) is 7.02. The van der Waals surface area contributed by atoms with Gasteiger partial charge in [0.25, 0.3) is 0 Å². The number of hydrogen-bond donors (Lipinski definition) is 1. The van der Waals surface area contributed by atoms with Gasteiger partial charge in [-0.3, -0.25) is 9.69 Å². The molecule has 0 bridgehead atoms. The maximum Gasteiger partial charge on any atom is 0.230 e. The predicted molar refractivity (Wildman–Crippen MR) is 88.4 cm³/mol. The topological polar surface area (TPSA) is 56.9 Å². The van der Waals surface area contributed by atoms with Crippen molar-refractivity contribution in [3.63, 3.8) is 0 Å². The van der Waals surface area contributed by atoms with E-state index in [0.717, 1.165) is 62.5 Å². The minimum absolute atomic E-state index is 0.156. The lowest BCUT2D eigenvalue weighted by molar-refractivity contribution is -0.134. The zero-order chi connectivity index (χ0) is 16.6. The summed E-state index contributed by atoms with van der Waals surface area (Å²) in [6.07, 6.45) is 2.92. The van der Waals surface area contributed by atoms with E-state index in [4.69, 9.17) is 4.42 Å². The first-order valence-corrected chi connectivity index (χ1v) is 8.75. The van der Waals surface area contributed by atoms with E-state index in [1.807, 2.05) is 31.7 Å². The SMILES string of the molecule is Cc1cc([C@H](C)C(=O)N2CCN([C@H]3CCC[C@H]3O)CC2)c(C)o1. The van der Waals surface area contributed by atoms with E-state index in [1.165, 1.54) is 0 Å². The first-order valence-electron chi connectivity index (χ1n) is 8.75. The average molecular weight is 320 g/mol. The number of carbonyl (C=O) groups is 1. The lowest BCUT2D eigenvalue weighted by Gasteiger charge is -2.39. The van der Waals surface area contributed by atoms with Gasteiger partial charge in [-0.2, -0.15) is 0 Å². The highest BCUT2D eigenvalue weighted by Crippen LogP contribution is 2.27. The van der Waals surface area contributed by atoms with Gasteiger partial charge in [0.1, 0.15) is 11.5 Å². The van der Waals surface area contributed by atoms with Crippen LogP contribution in [-0.4, -0.2) is 59.1 Å². The van der Waals surface area contributed by atoms with Crippen molar-refractivity contribution >= 4 is 5.91 Å². The predicted octanol–water partition coefficient (Wildman–Crippen LogP) is 2.06. The van der Waals surface area contributed by atoms with E-state index in [1.54, 1.807) is 0 Å². The van der Waals surface area contributed by atoms with E-state index < -0.39 is 0 Å². The van der Waals surface area contributed by atoms with Gasteiger partial charge in [0.05, 0.1) is 12.0 Å². The first kappa shape index (κ1) is 16.5. The maximum absolute atomic E-state index is 12.8. The van der Waals surface area contributed by atoms with E-state index in [9.17, 15) is 9.90 Å². The van der Waals surface area contributed by atoms with Gasteiger partial charge in [-0.25, -0.2) is 0 Å². The summed E-state index contributed by atoms with van der Waals surface area (Å²) in [6, 6.07) is 2.27. The van der Waals surface area contributed by atoms with Crippen LogP contribution in [0.5, 0.6) is 0 Å². The molecule has 1 aromatic heterocycles. The van der Waals surface area contributed by atoms with Gasteiger partial charge in [-0.15, -0.1) is 0 Å². The van der Waals surface area contributed by atoms with Crippen LogP contribution in [0.2, 0.25) is 0 Å². The molecule has 0 aromatic carbocycles. The van der Waals surface area contributed by atoms with Gasteiger partial charge in [0, 0.05) is 37.8 Å². The smallest absolute Gasteiger partial charge is 0.230 e. The number of nitrogens with zero attached hydrogens (tertiary/aromatic N) is 2. The van der Waals surface area contributed by atoms with Crippen molar-refractivity contribution in [1.29, 1.82) is 0 Å². The number of piperazine rings is 1. The van der Waals surface area contributed by atoms with E-state index in [0.29, 0.717) is 6.04 Å². The number of amides is 1. The molecule has 0 spiro atoms. The second-order valence-electron chi connectivity index (χ2n) is 7.02. The van der Waals surface area contributed by atoms with E-state index in [-0.39, 0.29) is 17.9 Å². The molecule has 128 valence electrons. The van der Waals surface area contributed by atoms with Crippen molar-refractivity contribution in [3.8, 4) is 0 Å². The van der Waals surface area contributed by atoms with Gasteiger partial charge in [-0.1, -0.05) is 0 Å². The molecule has 3 atom stereocenters. The molecular formula is C18H28N2O3. The molecule has 2 heterocycles. The Kier molecular flexibility index (Phi) is 4.78. The quantitative estimate of drug-likeness (QED) is 0.926. The zero-order valence-corrected chi connectivity index (χ0v) is 14.4. The maximum atomic E-state index is 12.8. The highest BCUT2D eigenvalue weighted by atomic mass is 16.3.